The van der Waals surface area contributed by atoms with Crippen LogP contribution in [0, 0.1) is 0 Å². The summed E-state index contributed by atoms with van der Waals surface area (Å²) in [6, 6.07) is 0. The standard InChI is InChI=1S/C17H25NO4/c1-21-16(19)13-9-5-3-4-6-10-14(15(13)17(20)22-2)18-11-7-8-12-18/h9H,3-8,10-12H2,1-2H3/b13-9+,15-14-. The molecule has 5 nitrogen and oxygen atoms in total. The van der Waals surface area contributed by atoms with E-state index in [0.29, 0.717) is 11.1 Å². The largest absolute Gasteiger partial charge is 0.465 e. The molecule has 0 N–H and O–H groups in total. The molecular formula is C17H25NO4. The van der Waals surface area contributed by atoms with Crippen molar-refractivity contribution in [3.05, 3.63) is 22.9 Å². The zero-order chi connectivity index (χ0) is 15.9. The second kappa shape index (κ2) is 8.01. The maximum atomic E-state index is 12.4. The molecule has 1 saturated heterocycles. The van der Waals surface area contributed by atoms with E-state index < -0.39 is 11.9 Å². The lowest BCUT2D eigenvalue weighted by atomic mass is 10.00. The van der Waals surface area contributed by atoms with Crippen LogP contribution < -0.4 is 0 Å². The molecule has 22 heavy (non-hydrogen) atoms. The van der Waals surface area contributed by atoms with E-state index >= 15 is 0 Å². The van der Waals surface area contributed by atoms with E-state index in [9.17, 15) is 9.59 Å². The lowest BCUT2D eigenvalue weighted by Crippen LogP contribution is -2.26. The third kappa shape index (κ3) is 3.70. The van der Waals surface area contributed by atoms with Gasteiger partial charge in [-0.3, -0.25) is 0 Å². The predicted molar refractivity (Wildman–Crippen MR) is 83.0 cm³/mol. The number of hydrogen-bond acceptors (Lipinski definition) is 5. The van der Waals surface area contributed by atoms with E-state index in [-0.39, 0.29) is 0 Å². The molecule has 0 aromatic carbocycles. The second-order valence-electron chi connectivity index (χ2n) is 5.72. The van der Waals surface area contributed by atoms with Crippen LogP contribution in [0.3, 0.4) is 0 Å². The molecule has 1 aliphatic heterocycles. The van der Waals surface area contributed by atoms with E-state index in [4.69, 9.17) is 9.47 Å². The van der Waals surface area contributed by atoms with Crippen molar-refractivity contribution < 1.29 is 19.1 Å². The quantitative estimate of drug-likeness (QED) is 0.750. The average Bonchev–Trinajstić information content (AvgIpc) is 3.08. The third-order valence-electron chi connectivity index (χ3n) is 4.31. The predicted octanol–water partition coefficient (Wildman–Crippen LogP) is 2.57. The Kier molecular flexibility index (Phi) is 6.04. The molecule has 0 aromatic heterocycles. The minimum Gasteiger partial charge on any atom is -0.465 e. The first-order valence-corrected chi connectivity index (χ1v) is 8.04. The van der Waals surface area contributed by atoms with Gasteiger partial charge in [0, 0.05) is 18.8 Å². The van der Waals surface area contributed by atoms with Gasteiger partial charge in [0.1, 0.15) is 0 Å². The molecule has 0 atom stereocenters. The highest BCUT2D eigenvalue weighted by atomic mass is 16.5. The maximum absolute atomic E-state index is 12.4. The molecule has 122 valence electrons. The third-order valence-corrected chi connectivity index (χ3v) is 4.31. The van der Waals surface area contributed by atoms with Crippen molar-refractivity contribution in [1.29, 1.82) is 0 Å². The number of allylic oxidation sites excluding steroid dienone is 2. The zero-order valence-corrected chi connectivity index (χ0v) is 13.5. The van der Waals surface area contributed by atoms with Crippen LogP contribution in [0.4, 0.5) is 0 Å². The van der Waals surface area contributed by atoms with Crippen molar-refractivity contribution in [1.82, 2.24) is 4.90 Å². The van der Waals surface area contributed by atoms with Gasteiger partial charge in [-0.1, -0.05) is 12.5 Å². The number of likely N-dealkylation sites (tertiary alicyclic amines) is 1. The molecular weight excluding hydrogens is 282 g/mol. The van der Waals surface area contributed by atoms with Gasteiger partial charge in [0.25, 0.3) is 0 Å². The first-order valence-electron chi connectivity index (χ1n) is 8.04. The summed E-state index contributed by atoms with van der Waals surface area (Å²) in [5.74, 6) is -0.903. The minimum atomic E-state index is -0.459. The smallest absolute Gasteiger partial charge is 0.340 e. The van der Waals surface area contributed by atoms with Crippen LogP contribution in [0.25, 0.3) is 0 Å². The summed E-state index contributed by atoms with van der Waals surface area (Å²) in [7, 11) is 2.71. The summed E-state index contributed by atoms with van der Waals surface area (Å²) >= 11 is 0. The van der Waals surface area contributed by atoms with Crippen LogP contribution in [0.2, 0.25) is 0 Å². The molecule has 0 unspecified atom stereocenters. The molecule has 2 aliphatic rings. The summed E-state index contributed by atoms with van der Waals surface area (Å²) in [5, 5.41) is 0. The average molecular weight is 307 g/mol. The molecule has 0 radical (unpaired) electrons. The molecule has 0 aromatic rings. The number of rotatable bonds is 3. The Morgan fingerprint density at radius 1 is 0.955 bits per heavy atom. The molecule has 5 heteroatoms. The summed E-state index contributed by atoms with van der Waals surface area (Å²) in [4.78, 5) is 26.8. The Morgan fingerprint density at radius 3 is 2.27 bits per heavy atom. The molecule has 0 spiro atoms. The van der Waals surface area contributed by atoms with Gasteiger partial charge in [0.05, 0.1) is 25.4 Å². The number of ether oxygens (including phenoxy) is 2. The highest BCUT2D eigenvalue weighted by Gasteiger charge is 2.29. The zero-order valence-electron chi connectivity index (χ0n) is 13.5. The fourth-order valence-electron chi connectivity index (χ4n) is 3.17. The van der Waals surface area contributed by atoms with Crippen molar-refractivity contribution in [3.8, 4) is 0 Å². The molecule has 0 bridgehead atoms. The molecule has 2 rings (SSSR count). The number of hydrogen-bond donors (Lipinski definition) is 0. The second-order valence-corrected chi connectivity index (χ2v) is 5.72. The first kappa shape index (κ1) is 16.6. The van der Waals surface area contributed by atoms with Gasteiger partial charge in [-0.05, 0) is 38.5 Å². The van der Waals surface area contributed by atoms with Crippen LogP contribution in [-0.4, -0.2) is 44.1 Å². The van der Waals surface area contributed by atoms with Crippen LogP contribution in [0.15, 0.2) is 22.9 Å². The van der Waals surface area contributed by atoms with Crippen LogP contribution in [0.5, 0.6) is 0 Å². The molecule has 0 saturated carbocycles. The highest BCUT2D eigenvalue weighted by molar-refractivity contribution is 6.07. The SMILES string of the molecule is COC(=O)C1=C(\N2CCCC2)CCCCC/C=C\1C(=O)OC. The van der Waals surface area contributed by atoms with Crippen molar-refractivity contribution >= 4 is 11.9 Å². The van der Waals surface area contributed by atoms with E-state index in [0.717, 1.165) is 63.7 Å². The van der Waals surface area contributed by atoms with E-state index in [1.165, 1.54) is 14.2 Å². The van der Waals surface area contributed by atoms with Crippen LogP contribution >= 0.6 is 0 Å². The number of nitrogens with zero attached hydrogens (tertiary/aromatic N) is 1. The van der Waals surface area contributed by atoms with Gasteiger partial charge in [-0.2, -0.15) is 0 Å². The van der Waals surface area contributed by atoms with E-state index in [1.54, 1.807) is 0 Å². The Hall–Kier alpha value is -1.78. The number of carbonyl (C=O) groups excluding carboxylic acids is 2. The number of esters is 2. The van der Waals surface area contributed by atoms with Crippen molar-refractivity contribution in [2.75, 3.05) is 27.3 Å². The summed E-state index contributed by atoms with van der Waals surface area (Å²) in [6.07, 6.45) is 8.79. The normalized spacial score (nSPS) is 25.5. The Balaban J connectivity index is 2.52. The summed E-state index contributed by atoms with van der Waals surface area (Å²) in [6.45, 7) is 1.87. The van der Waals surface area contributed by atoms with Gasteiger partial charge in [0.15, 0.2) is 0 Å². The van der Waals surface area contributed by atoms with E-state index in [1.807, 2.05) is 6.08 Å². The van der Waals surface area contributed by atoms with Gasteiger partial charge in [-0.15, -0.1) is 0 Å². The number of carbonyl (C=O) groups is 2. The molecule has 1 aliphatic carbocycles. The summed E-state index contributed by atoms with van der Waals surface area (Å²) in [5.41, 5.74) is 1.71. The monoisotopic (exact) mass is 307 g/mol. The Morgan fingerprint density at radius 2 is 1.64 bits per heavy atom. The fourth-order valence-corrected chi connectivity index (χ4v) is 3.17. The molecule has 0 amide bonds. The first-order chi connectivity index (χ1) is 10.7. The fraction of sp³-hybridized carbons (Fsp3) is 0.647. The van der Waals surface area contributed by atoms with Crippen molar-refractivity contribution in [2.24, 2.45) is 0 Å². The minimum absolute atomic E-state index is 0.359. The van der Waals surface area contributed by atoms with Gasteiger partial charge >= 0.3 is 11.9 Å². The number of methoxy groups -OCH3 is 2. The van der Waals surface area contributed by atoms with E-state index in [2.05, 4.69) is 4.90 Å². The maximum Gasteiger partial charge on any atom is 0.340 e. The van der Waals surface area contributed by atoms with Gasteiger partial charge in [0.2, 0.25) is 0 Å². The lowest BCUT2D eigenvalue weighted by molar-refractivity contribution is -0.139. The van der Waals surface area contributed by atoms with Crippen molar-refractivity contribution in [2.45, 2.75) is 44.9 Å². The molecule has 1 fully saturated rings. The van der Waals surface area contributed by atoms with Crippen LogP contribution in [-0.2, 0) is 19.1 Å². The Labute approximate surface area is 131 Å². The lowest BCUT2D eigenvalue weighted by Gasteiger charge is -2.25. The van der Waals surface area contributed by atoms with Gasteiger partial charge < -0.3 is 14.4 Å². The molecule has 1 heterocycles. The van der Waals surface area contributed by atoms with Crippen LogP contribution in [0.1, 0.15) is 44.9 Å². The highest BCUT2D eigenvalue weighted by Crippen LogP contribution is 2.30. The topological polar surface area (TPSA) is 55.8 Å². The summed E-state index contributed by atoms with van der Waals surface area (Å²) < 4.78 is 9.86. The van der Waals surface area contributed by atoms with Crippen molar-refractivity contribution in [3.63, 3.8) is 0 Å². The Bertz CT molecular complexity index is 487. The van der Waals surface area contributed by atoms with Gasteiger partial charge in [-0.25, -0.2) is 9.59 Å².